The van der Waals surface area contributed by atoms with E-state index in [0.29, 0.717) is 12.8 Å². The van der Waals surface area contributed by atoms with Crippen LogP contribution in [0, 0.1) is 56.2 Å². The molecule has 55 heavy (non-hydrogen) atoms. The molecular weight excluding hydrogens is 712 g/mol. The Balaban J connectivity index is 1.02. The van der Waals surface area contributed by atoms with E-state index in [9.17, 15) is 46.0 Å². The molecule has 2 saturated heterocycles. The van der Waals surface area contributed by atoms with Gasteiger partial charge in [-0.25, -0.2) is 0 Å². The van der Waals surface area contributed by atoms with Gasteiger partial charge in [0.25, 0.3) is 0 Å². The van der Waals surface area contributed by atoms with Gasteiger partial charge in [-0.2, -0.15) is 0 Å². The molecule has 0 aromatic rings. The topological polar surface area (TPSA) is 219 Å². The quantitative estimate of drug-likeness (QED) is 0.168. The number of rotatable bonds is 7. The van der Waals surface area contributed by atoms with Crippen molar-refractivity contribution in [1.82, 2.24) is 0 Å². The Kier molecular flexibility index (Phi) is 9.92. The van der Waals surface area contributed by atoms with Gasteiger partial charge in [-0.3, -0.25) is 0 Å². The minimum Gasteiger partial charge on any atom is -0.394 e. The normalized spacial score (nSPS) is 58.7. The van der Waals surface area contributed by atoms with E-state index in [2.05, 4.69) is 34.6 Å². The Morgan fingerprint density at radius 1 is 0.691 bits per heavy atom. The zero-order valence-electron chi connectivity index (χ0n) is 33.9. The van der Waals surface area contributed by atoms with Crippen LogP contribution in [0.3, 0.4) is 0 Å². The summed E-state index contributed by atoms with van der Waals surface area (Å²) in [5, 5.41) is 98.2. The van der Waals surface area contributed by atoms with Crippen LogP contribution in [0.5, 0.6) is 0 Å². The first-order valence-corrected chi connectivity index (χ1v) is 21.2. The number of hydrogen-bond acceptors (Lipinski definition) is 13. The van der Waals surface area contributed by atoms with E-state index in [4.69, 9.17) is 18.9 Å². The van der Waals surface area contributed by atoms with E-state index in [1.165, 1.54) is 0 Å². The van der Waals surface area contributed by atoms with Crippen LogP contribution in [0.1, 0.15) is 113 Å². The van der Waals surface area contributed by atoms with Crippen molar-refractivity contribution in [1.29, 1.82) is 0 Å². The average molecular weight is 783 g/mol. The predicted octanol–water partition coefficient (Wildman–Crippen LogP) is 1.59. The van der Waals surface area contributed by atoms with Crippen molar-refractivity contribution in [3.05, 3.63) is 0 Å². The predicted molar refractivity (Wildman–Crippen MR) is 197 cm³/mol. The molecule has 0 bridgehead atoms. The molecule has 0 amide bonds. The van der Waals surface area contributed by atoms with E-state index >= 15 is 0 Å². The van der Waals surface area contributed by atoms with Crippen molar-refractivity contribution < 1.29 is 64.9 Å². The molecule has 9 N–H and O–H groups in total. The maximum absolute atomic E-state index is 12.4. The molecule has 13 nitrogen and oxygen atoms in total. The molecule has 2 spiro atoms. The second-order valence-corrected chi connectivity index (χ2v) is 21.7. The summed E-state index contributed by atoms with van der Waals surface area (Å²) < 4.78 is 24.2. The highest BCUT2D eigenvalue weighted by molar-refractivity contribution is 5.33. The first kappa shape index (κ1) is 41.2. The first-order chi connectivity index (χ1) is 25.5. The summed E-state index contributed by atoms with van der Waals surface area (Å²) in [6.45, 7) is 14.5. The largest absolute Gasteiger partial charge is 0.394 e. The fraction of sp³-hybridized carbons (Fsp3) is 1.00. The Morgan fingerprint density at radius 3 is 2.05 bits per heavy atom. The van der Waals surface area contributed by atoms with Gasteiger partial charge < -0.3 is 64.9 Å². The van der Waals surface area contributed by atoms with Gasteiger partial charge in [0.15, 0.2) is 12.6 Å². The van der Waals surface area contributed by atoms with E-state index in [1.54, 1.807) is 0 Å². The molecular formula is C42H70O13. The van der Waals surface area contributed by atoms with E-state index < -0.39 is 91.2 Å². The molecule has 0 aromatic heterocycles. The first-order valence-electron chi connectivity index (χ1n) is 21.2. The third-order valence-electron chi connectivity index (χ3n) is 18.4. The molecule has 13 heteroatoms. The number of fused-ring (bicyclic) bond motifs is 2. The van der Waals surface area contributed by atoms with E-state index in [0.717, 1.165) is 51.4 Å². The summed E-state index contributed by atoms with van der Waals surface area (Å²) >= 11 is 0. The summed E-state index contributed by atoms with van der Waals surface area (Å²) in [4.78, 5) is 0. The number of aliphatic hydroxyl groups excluding tert-OH is 8. The summed E-state index contributed by atoms with van der Waals surface area (Å²) in [5.74, 6) is 0.527. The van der Waals surface area contributed by atoms with Gasteiger partial charge in [-0.15, -0.1) is 0 Å². The number of aliphatic hydroxyl groups is 9. The van der Waals surface area contributed by atoms with Gasteiger partial charge in [0.2, 0.25) is 0 Å². The van der Waals surface area contributed by atoms with Gasteiger partial charge in [0.1, 0.15) is 42.7 Å². The van der Waals surface area contributed by atoms with Gasteiger partial charge >= 0.3 is 0 Å². The maximum atomic E-state index is 12.4. The van der Waals surface area contributed by atoms with Crippen molar-refractivity contribution in [2.24, 2.45) is 56.2 Å². The highest BCUT2D eigenvalue weighted by Crippen LogP contribution is 2.89. The van der Waals surface area contributed by atoms with E-state index in [-0.39, 0.29) is 57.4 Å². The summed E-state index contributed by atoms with van der Waals surface area (Å²) in [6.07, 6.45) is -5.64. The van der Waals surface area contributed by atoms with Gasteiger partial charge in [-0.05, 0) is 134 Å². The molecule has 6 aliphatic carbocycles. The molecule has 8 aliphatic rings. The lowest BCUT2D eigenvalue weighted by Crippen LogP contribution is -2.64. The van der Waals surface area contributed by atoms with Crippen LogP contribution in [0.4, 0.5) is 0 Å². The van der Waals surface area contributed by atoms with Crippen LogP contribution in [-0.2, 0) is 18.9 Å². The van der Waals surface area contributed by atoms with E-state index in [1.807, 2.05) is 13.8 Å². The summed E-state index contributed by atoms with van der Waals surface area (Å²) in [7, 11) is 0. The average Bonchev–Trinajstić information content (AvgIpc) is 3.45. The molecule has 8 rings (SSSR count). The van der Waals surface area contributed by atoms with Crippen molar-refractivity contribution in [3.8, 4) is 0 Å². The third kappa shape index (κ3) is 5.72. The monoisotopic (exact) mass is 782 g/mol. The fourth-order valence-corrected chi connectivity index (χ4v) is 15.6. The minimum absolute atomic E-state index is 0.0601. The Labute approximate surface area is 325 Å². The zero-order valence-corrected chi connectivity index (χ0v) is 33.9. The van der Waals surface area contributed by atoms with Gasteiger partial charge in [-0.1, -0.05) is 34.6 Å². The molecule has 6 saturated carbocycles. The Hall–Kier alpha value is -0.520. The van der Waals surface area contributed by atoms with Gasteiger partial charge in [0.05, 0.1) is 37.1 Å². The molecule has 2 aliphatic heterocycles. The van der Waals surface area contributed by atoms with Crippen molar-refractivity contribution in [3.63, 3.8) is 0 Å². The lowest BCUT2D eigenvalue weighted by atomic mass is 9.40. The second kappa shape index (κ2) is 13.2. The second-order valence-electron chi connectivity index (χ2n) is 21.7. The minimum atomic E-state index is -1.71. The van der Waals surface area contributed by atoms with Gasteiger partial charge in [0, 0.05) is 0 Å². The van der Waals surface area contributed by atoms with Crippen LogP contribution in [-0.4, -0.2) is 138 Å². The molecule has 316 valence electrons. The molecule has 0 radical (unpaired) electrons. The molecule has 0 unspecified atom stereocenters. The lowest BCUT2D eigenvalue weighted by molar-refractivity contribution is -0.366. The van der Waals surface area contributed by atoms with Crippen LogP contribution in [0.25, 0.3) is 0 Å². The SMILES string of the molecule is CC(C)(O)[C@@H]1CC[C@](C)([C@H]2[C@@H](O)C[C@@]3(C)[C@@H]4C[C@H](O)[C@H]5C(C)(C)[C@@H](O[C@@H]6OC[C@@H](O)[C@H](O)[C@H]6O[C@@H]6O[C@H](CO)[C@@H](O)[C@H](O)[C@H]6O)CC[C@@]56C[C@@]46CC[C@]23C)C1. The Morgan fingerprint density at radius 2 is 1.40 bits per heavy atom. The fourth-order valence-electron chi connectivity index (χ4n) is 15.6. The summed E-state index contributed by atoms with van der Waals surface area (Å²) in [6, 6.07) is 0. The molecule has 2 heterocycles. The molecule has 21 atom stereocenters. The summed E-state index contributed by atoms with van der Waals surface area (Å²) in [5.41, 5.74) is -1.62. The molecule has 8 fully saturated rings. The third-order valence-corrected chi connectivity index (χ3v) is 18.4. The van der Waals surface area contributed by atoms with Crippen LogP contribution < -0.4 is 0 Å². The van der Waals surface area contributed by atoms with Crippen LogP contribution in [0.2, 0.25) is 0 Å². The van der Waals surface area contributed by atoms with Crippen LogP contribution in [0.15, 0.2) is 0 Å². The maximum Gasteiger partial charge on any atom is 0.187 e. The lowest BCUT2D eigenvalue weighted by Gasteiger charge is -2.65. The molecule has 0 aromatic carbocycles. The van der Waals surface area contributed by atoms with Crippen LogP contribution >= 0.6 is 0 Å². The smallest absolute Gasteiger partial charge is 0.187 e. The highest BCUT2D eigenvalue weighted by Gasteiger charge is 2.85. The Bertz CT molecular complexity index is 1450. The van der Waals surface area contributed by atoms with Crippen molar-refractivity contribution in [2.75, 3.05) is 13.2 Å². The van der Waals surface area contributed by atoms with Crippen molar-refractivity contribution in [2.45, 2.75) is 192 Å². The zero-order chi connectivity index (χ0) is 40.1. The standard InChI is InChI=1S/C42H70O13/c1-36(2)26(54-35-31(27(47)23(46)18-52-35)55-34-30(50)29(49)28(48)24(17-43)53-34)9-11-42-19-41(42)13-12-39(6)33(38(5)10-8-20(15-38)37(3,4)51)22(45)16-40(39,7)25(41)14-21(44)32(36)42/h20-35,43-51H,8-19H2,1-7H3/t20-,21+,22+,23-,24-,25+,26+,27+,28-,29+,30-,31-,32+,33-,34+,35+,38+,39-,40+,41+,42-/m1/s1. The highest BCUT2D eigenvalue weighted by atomic mass is 16.8. The van der Waals surface area contributed by atoms with Crippen molar-refractivity contribution >= 4 is 0 Å². The number of ether oxygens (including phenoxy) is 4. The number of hydrogen-bond donors (Lipinski definition) is 9.